The monoisotopic (exact) mass is 187 g/mol. The van der Waals surface area contributed by atoms with Gasteiger partial charge in [0.05, 0.1) is 6.61 Å². The molecule has 80 valence electrons. The lowest BCUT2D eigenvalue weighted by atomic mass is 10.0. The summed E-state index contributed by atoms with van der Waals surface area (Å²) in [7, 11) is 3.77. The van der Waals surface area contributed by atoms with Gasteiger partial charge in [-0.05, 0) is 19.4 Å². The van der Waals surface area contributed by atoms with Crippen molar-refractivity contribution in [3.8, 4) is 0 Å². The maximum absolute atomic E-state index is 5.11. The lowest BCUT2D eigenvalue weighted by Gasteiger charge is -2.14. The van der Waals surface area contributed by atoms with E-state index in [1.807, 2.05) is 7.05 Å². The summed E-state index contributed by atoms with van der Waals surface area (Å²) in [5.41, 5.74) is 0. The van der Waals surface area contributed by atoms with Crippen LogP contribution in [0.1, 0.15) is 39.5 Å². The molecule has 0 fully saturated rings. The molecule has 1 unspecified atom stereocenters. The van der Waals surface area contributed by atoms with Crippen molar-refractivity contribution in [2.45, 2.75) is 45.6 Å². The van der Waals surface area contributed by atoms with Gasteiger partial charge >= 0.3 is 0 Å². The summed E-state index contributed by atoms with van der Waals surface area (Å²) >= 11 is 0. The van der Waals surface area contributed by atoms with Crippen molar-refractivity contribution in [1.29, 1.82) is 0 Å². The average Bonchev–Trinajstić information content (AvgIpc) is 2.10. The van der Waals surface area contributed by atoms with Crippen LogP contribution in [0.25, 0.3) is 0 Å². The minimum atomic E-state index is 0.539. The number of hydrogen-bond donors (Lipinski definition) is 1. The molecule has 1 N–H and O–H groups in total. The second kappa shape index (κ2) is 8.52. The van der Waals surface area contributed by atoms with E-state index in [4.69, 9.17) is 4.74 Å². The quantitative estimate of drug-likeness (QED) is 0.589. The lowest BCUT2D eigenvalue weighted by Crippen LogP contribution is -2.29. The number of ether oxygens (including phenoxy) is 1. The Bertz CT molecular complexity index is 104. The van der Waals surface area contributed by atoms with E-state index in [0.29, 0.717) is 6.04 Å². The molecule has 0 rings (SSSR count). The Morgan fingerprint density at radius 1 is 1.15 bits per heavy atom. The summed E-state index contributed by atoms with van der Waals surface area (Å²) in [5.74, 6) is 0.843. The number of methoxy groups -OCH3 is 1. The van der Waals surface area contributed by atoms with E-state index >= 15 is 0 Å². The fourth-order valence-electron chi connectivity index (χ4n) is 1.46. The molecule has 2 heteroatoms. The fraction of sp³-hybridized carbons (Fsp3) is 1.00. The highest BCUT2D eigenvalue weighted by molar-refractivity contribution is 4.63. The molecular formula is C11H25NO. The van der Waals surface area contributed by atoms with Crippen molar-refractivity contribution in [2.24, 2.45) is 5.92 Å². The minimum absolute atomic E-state index is 0.539. The van der Waals surface area contributed by atoms with E-state index < -0.39 is 0 Å². The van der Waals surface area contributed by atoms with Gasteiger partial charge in [0.25, 0.3) is 0 Å². The summed E-state index contributed by atoms with van der Waals surface area (Å²) in [5, 5.41) is 3.27. The summed E-state index contributed by atoms with van der Waals surface area (Å²) in [4.78, 5) is 0. The molecule has 13 heavy (non-hydrogen) atoms. The molecule has 0 spiro atoms. The van der Waals surface area contributed by atoms with Gasteiger partial charge in [-0.1, -0.05) is 33.1 Å². The van der Waals surface area contributed by atoms with Gasteiger partial charge in [-0.3, -0.25) is 0 Å². The molecule has 0 aromatic rings. The number of likely N-dealkylation sites (N-methyl/N-ethyl adjacent to an activating group) is 1. The molecular weight excluding hydrogens is 162 g/mol. The Morgan fingerprint density at radius 2 is 1.77 bits per heavy atom. The molecule has 0 radical (unpaired) electrons. The largest absolute Gasteiger partial charge is 0.383 e. The van der Waals surface area contributed by atoms with Gasteiger partial charge in [-0.2, -0.15) is 0 Å². The molecule has 0 saturated heterocycles. The van der Waals surface area contributed by atoms with Crippen LogP contribution in [-0.2, 0) is 4.74 Å². The van der Waals surface area contributed by atoms with Crippen LogP contribution in [-0.4, -0.2) is 26.8 Å². The Labute approximate surface area is 83.1 Å². The Morgan fingerprint density at radius 3 is 2.23 bits per heavy atom. The van der Waals surface area contributed by atoms with Crippen molar-refractivity contribution in [3.63, 3.8) is 0 Å². The van der Waals surface area contributed by atoms with E-state index in [1.54, 1.807) is 7.11 Å². The molecule has 0 aromatic heterocycles. The van der Waals surface area contributed by atoms with Gasteiger partial charge < -0.3 is 10.1 Å². The topological polar surface area (TPSA) is 21.3 Å². The predicted octanol–water partition coefficient (Wildman–Crippen LogP) is 2.44. The second-order valence-electron chi connectivity index (χ2n) is 4.12. The third-order valence-electron chi connectivity index (χ3n) is 2.36. The predicted molar refractivity (Wildman–Crippen MR) is 58.0 cm³/mol. The standard InChI is InChI=1S/C11H25NO/c1-10(2)7-5-6-8-11(12-3)9-13-4/h10-12H,5-9H2,1-4H3. The molecule has 1 atom stereocenters. The number of hydrogen-bond acceptors (Lipinski definition) is 2. The Hall–Kier alpha value is -0.0800. The smallest absolute Gasteiger partial charge is 0.0615 e. The first-order valence-electron chi connectivity index (χ1n) is 5.37. The Kier molecular flexibility index (Phi) is 8.46. The maximum atomic E-state index is 5.11. The van der Waals surface area contributed by atoms with Crippen molar-refractivity contribution in [1.82, 2.24) is 5.32 Å². The third kappa shape index (κ3) is 8.26. The van der Waals surface area contributed by atoms with Crippen LogP contribution in [0, 0.1) is 5.92 Å². The summed E-state index contributed by atoms with van der Waals surface area (Å²) in [6.07, 6.45) is 5.24. The van der Waals surface area contributed by atoms with Crippen molar-refractivity contribution < 1.29 is 4.74 Å². The second-order valence-corrected chi connectivity index (χ2v) is 4.12. The lowest BCUT2D eigenvalue weighted by molar-refractivity contribution is 0.164. The van der Waals surface area contributed by atoms with Crippen LogP contribution >= 0.6 is 0 Å². The highest BCUT2D eigenvalue weighted by Crippen LogP contribution is 2.09. The van der Waals surface area contributed by atoms with E-state index in [1.165, 1.54) is 25.7 Å². The molecule has 0 saturated carbocycles. The van der Waals surface area contributed by atoms with Gasteiger partial charge in [0, 0.05) is 13.2 Å². The summed E-state index contributed by atoms with van der Waals surface area (Å²) in [6.45, 7) is 5.40. The molecule has 0 heterocycles. The van der Waals surface area contributed by atoms with E-state index in [0.717, 1.165) is 12.5 Å². The maximum Gasteiger partial charge on any atom is 0.0615 e. The minimum Gasteiger partial charge on any atom is -0.383 e. The van der Waals surface area contributed by atoms with Gasteiger partial charge in [-0.25, -0.2) is 0 Å². The normalized spacial score (nSPS) is 13.6. The molecule has 0 aliphatic carbocycles. The molecule has 0 aliphatic rings. The molecule has 2 nitrogen and oxygen atoms in total. The fourth-order valence-corrected chi connectivity index (χ4v) is 1.46. The van der Waals surface area contributed by atoms with Crippen LogP contribution in [0.3, 0.4) is 0 Å². The van der Waals surface area contributed by atoms with E-state index in [-0.39, 0.29) is 0 Å². The summed E-state index contributed by atoms with van der Waals surface area (Å²) < 4.78 is 5.11. The van der Waals surface area contributed by atoms with E-state index in [9.17, 15) is 0 Å². The zero-order valence-electron chi connectivity index (χ0n) is 9.60. The Balaban J connectivity index is 3.27. The number of unbranched alkanes of at least 4 members (excludes halogenated alkanes) is 1. The highest BCUT2D eigenvalue weighted by Gasteiger charge is 2.04. The van der Waals surface area contributed by atoms with Crippen LogP contribution in [0.5, 0.6) is 0 Å². The average molecular weight is 187 g/mol. The van der Waals surface area contributed by atoms with Gasteiger partial charge in [0.2, 0.25) is 0 Å². The van der Waals surface area contributed by atoms with Crippen LogP contribution in [0.2, 0.25) is 0 Å². The first-order chi connectivity index (χ1) is 6.20. The molecule has 0 aromatic carbocycles. The highest BCUT2D eigenvalue weighted by atomic mass is 16.5. The number of rotatable bonds is 8. The zero-order valence-corrected chi connectivity index (χ0v) is 9.60. The van der Waals surface area contributed by atoms with Gasteiger partial charge in [-0.15, -0.1) is 0 Å². The zero-order chi connectivity index (χ0) is 10.1. The number of nitrogens with one attached hydrogen (secondary N) is 1. The van der Waals surface area contributed by atoms with Gasteiger partial charge in [0.15, 0.2) is 0 Å². The van der Waals surface area contributed by atoms with Gasteiger partial charge in [0.1, 0.15) is 0 Å². The molecule has 0 bridgehead atoms. The molecule has 0 amide bonds. The van der Waals surface area contributed by atoms with E-state index in [2.05, 4.69) is 19.2 Å². The van der Waals surface area contributed by atoms with Crippen molar-refractivity contribution in [3.05, 3.63) is 0 Å². The molecule has 0 aliphatic heterocycles. The van der Waals surface area contributed by atoms with Crippen molar-refractivity contribution in [2.75, 3.05) is 20.8 Å². The van der Waals surface area contributed by atoms with Crippen LogP contribution < -0.4 is 5.32 Å². The SMILES string of the molecule is CNC(CCCCC(C)C)COC. The summed E-state index contributed by atoms with van der Waals surface area (Å²) in [6, 6.07) is 0.539. The first kappa shape index (κ1) is 12.9. The third-order valence-corrected chi connectivity index (χ3v) is 2.36. The first-order valence-corrected chi connectivity index (χ1v) is 5.37. The van der Waals surface area contributed by atoms with Crippen LogP contribution in [0.4, 0.5) is 0 Å². The van der Waals surface area contributed by atoms with Crippen LogP contribution in [0.15, 0.2) is 0 Å². The van der Waals surface area contributed by atoms with Crippen molar-refractivity contribution >= 4 is 0 Å².